The summed E-state index contributed by atoms with van der Waals surface area (Å²) < 4.78 is 27.4. The minimum Gasteiger partial charge on any atom is -0.326 e. The molecule has 1 aliphatic carbocycles. The molecule has 1 aromatic heterocycles. The van der Waals surface area contributed by atoms with E-state index in [2.05, 4.69) is 10.6 Å². The smallest absolute Gasteiger partial charge is 0.267 e. The zero-order valence-electron chi connectivity index (χ0n) is 15.9. The first-order valence-electron chi connectivity index (χ1n) is 9.75. The number of hydrogen-bond donors (Lipinski definition) is 2. The van der Waals surface area contributed by atoms with Gasteiger partial charge in [0.2, 0.25) is 15.9 Å². The van der Waals surface area contributed by atoms with Gasteiger partial charge in [-0.05, 0) is 55.3 Å². The molecule has 2 N–H and O–H groups in total. The van der Waals surface area contributed by atoms with Crippen molar-refractivity contribution in [1.29, 1.82) is 0 Å². The fourth-order valence-corrected chi connectivity index (χ4v) is 6.18. The van der Waals surface area contributed by atoms with E-state index >= 15 is 0 Å². The Balaban J connectivity index is 1.50. The number of piperidine rings is 1. The van der Waals surface area contributed by atoms with Crippen LogP contribution in [0.1, 0.15) is 41.8 Å². The van der Waals surface area contributed by atoms with Gasteiger partial charge in [0.15, 0.2) is 0 Å². The Morgan fingerprint density at radius 3 is 2.38 bits per heavy atom. The molecule has 2 heterocycles. The van der Waals surface area contributed by atoms with Gasteiger partial charge in [0.1, 0.15) is 9.77 Å². The molecule has 7 nitrogen and oxygen atoms in total. The molecule has 0 bridgehead atoms. The number of hydrogen-bond acceptors (Lipinski definition) is 5. The molecule has 2 amide bonds. The quantitative estimate of drug-likeness (QED) is 0.729. The van der Waals surface area contributed by atoms with Crippen LogP contribution in [0.4, 0.5) is 11.4 Å². The fraction of sp³-hybridized carbons (Fsp3) is 0.400. The maximum atomic E-state index is 13.0. The molecule has 9 heteroatoms. The summed E-state index contributed by atoms with van der Waals surface area (Å²) >= 11 is 1.11. The summed E-state index contributed by atoms with van der Waals surface area (Å²) in [6, 6.07) is 8.36. The van der Waals surface area contributed by atoms with Crippen molar-refractivity contribution in [3.8, 4) is 0 Å². The van der Waals surface area contributed by atoms with Crippen molar-refractivity contribution >= 4 is 44.5 Å². The van der Waals surface area contributed by atoms with Crippen molar-refractivity contribution in [2.75, 3.05) is 23.7 Å². The van der Waals surface area contributed by atoms with Gasteiger partial charge in [-0.2, -0.15) is 4.31 Å². The van der Waals surface area contributed by atoms with Gasteiger partial charge in [0.05, 0.1) is 0 Å². The van der Waals surface area contributed by atoms with E-state index in [0.717, 1.165) is 43.4 Å². The Kier molecular flexibility index (Phi) is 5.71. The highest BCUT2D eigenvalue weighted by Gasteiger charge is 2.31. The summed E-state index contributed by atoms with van der Waals surface area (Å²) in [5, 5.41) is 7.22. The first-order chi connectivity index (χ1) is 13.9. The van der Waals surface area contributed by atoms with E-state index in [1.54, 1.807) is 29.6 Å². The lowest BCUT2D eigenvalue weighted by Crippen LogP contribution is -2.36. The number of amides is 2. The average Bonchev–Trinajstić information content (AvgIpc) is 3.45. The molecule has 0 radical (unpaired) electrons. The zero-order chi connectivity index (χ0) is 20.4. The minimum atomic E-state index is -3.69. The van der Waals surface area contributed by atoms with Crippen molar-refractivity contribution in [3.63, 3.8) is 0 Å². The van der Waals surface area contributed by atoms with Gasteiger partial charge in [0, 0.05) is 30.4 Å². The third-order valence-corrected chi connectivity index (χ3v) is 8.09. The highest BCUT2D eigenvalue weighted by atomic mass is 32.2. The molecule has 154 valence electrons. The largest absolute Gasteiger partial charge is 0.326 e. The second-order valence-corrected chi connectivity index (χ2v) is 10.2. The summed E-state index contributed by atoms with van der Waals surface area (Å²) in [6.45, 7) is 0.976. The van der Waals surface area contributed by atoms with Crippen LogP contribution in [-0.4, -0.2) is 37.6 Å². The number of rotatable bonds is 6. The standard InChI is InChI=1S/C20H23N3O4S2/c24-19(14-7-8-14)21-15-5-4-6-16(13-15)22-20(25)18-17(9-12-28-18)29(26,27)23-10-2-1-3-11-23/h4-6,9,12-14H,1-3,7-8,10-11H2,(H,21,24)(H,22,25). The summed E-state index contributed by atoms with van der Waals surface area (Å²) in [5.74, 6) is -0.398. The van der Waals surface area contributed by atoms with Crippen LogP contribution in [0.3, 0.4) is 0 Å². The molecule has 29 heavy (non-hydrogen) atoms. The van der Waals surface area contributed by atoms with Gasteiger partial charge in [-0.1, -0.05) is 12.5 Å². The van der Waals surface area contributed by atoms with Crippen LogP contribution in [0, 0.1) is 5.92 Å². The number of benzene rings is 1. The summed E-state index contributed by atoms with van der Waals surface area (Å²) in [4.78, 5) is 25.0. The van der Waals surface area contributed by atoms with E-state index in [0.29, 0.717) is 24.5 Å². The molecule has 0 spiro atoms. The Hall–Kier alpha value is -2.23. The minimum absolute atomic E-state index is 0.0124. The van der Waals surface area contributed by atoms with Gasteiger partial charge < -0.3 is 10.6 Å². The van der Waals surface area contributed by atoms with Gasteiger partial charge >= 0.3 is 0 Å². The van der Waals surface area contributed by atoms with Gasteiger partial charge in [-0.25, -0.2) is 8.42 Å². The molecule has 2 aliphatic rings. The first kappa shape index (κ1) is 20.1. The van der Waals surface area contributed by atoms with Crippen LogP contribution >= 0.6 is 11.3 Å². The number of carbonyl (C=O) groups is 2. The van der Waals surface area contributed by atoms with Crippen molar-refractivity contribution in [1.82, 2.24) is 4.31 Å². The average molecular weight is 434 g/mol. The third-order valence-electron chi connectivity index (χ3n) is 5.10. The van der Waals surface area contributed by atoms with Crippen molar-refractivity contribution in [2.24, 2.45) is 5.92 Å². The molecular formula is C20H23N3O4S2. The van der Waals surface area contributed by atoms with Crippen LogP contribution in [0.2, 0.25) is 0 Å². The number of anilines is 2. The van der Waals surface area contributed by atoms with E-state index in [1.165, 1.54) is 10.4 Å². The monoisotopic (exact) mass is 433 g/mol. The third kappa shape index (κ3) is 4.52. The molecule has 0 unspecified atom stereocenters. The van der Waals surface area contributed by atoms with Crippen LogP contribution in [0.15, 0.2) is 40.6 Å². The van der Waals surface area contributed by atoms with Gasteiger partial charge in [0.25, 0.3) is 5.91 Å². The second-order valence-electron chi connectivity index (χ2n) is 7.38. The Morgan fingerprint density at radius 2 is 1.69 bits per heavy atom. The molecule has 2 aromatic rings. The molecule has 4 rings (SSSR count). The topological polar surface area (TPSA) is 95.6 Å². The molecule has 2 fully saturated rings. The number of nitrogens with one attached hydrogen (secondary N) is 2. The lowest BCUT2D eigenvalue weighted by Gasteiger charge is -2.25. The number of nitrogens with zero attached hydrogens (tertiary/aromatic N) is 1. The number of sulfonamides is 1. The van der Waals surface area contributed by atoms with Crippen molar-refractivity contribution < 1.29 is 18.0 Å². The predicted molar refractivity (Wildman–Crippen MR) is 113 cm³/mol. The highest BCUT2D eigenvalue weighted by molar-refractivity contribution is 7.89. The predicted octanol–water partition coefficient (Wildman–Crippen LogP) is 3.52. The molecule has 1 saturated heterocycles. The van der Waals surface area contributed by atoms with Crippen LogP contribution in [0.5, 0.6) is 0 Å². The highest BCUT2D eigenvalue weighted by Crippen LogP contribution is 2.31. The Bertz CT molecular complexity index is 1020. The lowest BCUT2D eigenvalue weighted by atomic mass is 10.2. The van der Waals surface area contributed by atoms with Gasteiger partial charge in [-0.3, -0.25) is 9.59 Å². The van der Waals surface area contributed by atoms with Gasteiger partial charge in [-0.15, -0.1) is 11.3 Å². The first-order valence-corrected chi connectivity index (χ1v) is 12.1. The molecule has 0 atom stereocenters. The SMILES string of the molecule is O=C(Nc1cccc(NC(=O)C2CC2)c1)c1sccc1S(=O)(=O)N1CCCCC1. The Morgan fingerprint density at radius 1 is 1.00 bits per heavy atom. The van der Waals surface area contributed by atoms with E-state index in [-0.39, 0.29) is 21.6 Å². The maximum absolute atomic E-state index is 13.0. The maximum Gasteiger partial charge on any atom is 0.267 e. The normalized spacial score (nSPS) is 17.7. The van der Waals surface area contributed by atoms with Crippen molar-refractivity contribution in [2.45, 2.75) is 37.0 Å². The summed E-state index contributed by atoms with van der Waals surface area (Å²) in [6.07, 6.45) is 4.52. The number of thiophene rings is 1. The molecule has 1 aromatic carbocycles. The van der Waals surface area contributed by atoms with Crippen LogP contribution in [-0.2, 0) is 14.8 Å². The zero-order valence-corrected chi connectivity index (χ0v) is 17.5. The van der Waals surface area contributed by atoms with E-state index in [4.69, 9.17) is 0 Å². The van der Waals surface area contributed by atoms with E-state index < -0.39 is 15.9 Å². The molecular weight excluding hydrogens is 410 g/mol. The van der Waals surface area contributed by atoms with Crippen molar-refractivity contribution in [3.05, 3.63) is 40.6 Å². The van der Waals surface area contributed by atoms with Crippen LogP contribution < -0.4 is 10.6 Å². The fourth-order valence-electron chi connectivity index (χ4n) is 3.36. The van der Waals surface area contributed by atoms with E-state index in [9.17, 15) is 18.0 Å². The molecule has 1 aliphatic heterocycles. The van der Waals surface area contributed by atoms with Crippen LogP contribution in [0.25, 0.3) is 0 Å². The summed E-state index contributed by atoms with van der Waals surface area (Å²) in [5.41, 5.74) is 1.10. The molecule has 1 saturated carbocycles. The lowest BCUT2D eigenvalue weighted by molar-refractivity contribution is -0.117. The summed E-state index contributed by atoms with van der Waals surface area (Å²) in [7, 11) is -3.69. The Labute approximate surface area is 174 Å². The van der Waals surface area contributed by atoms with E-state index in [1.807, 2.05) is 0 Å². The number of carbonyl (C=O) groups excluding carboxylic acids is 2. The second kappa shape index (κ2) is 8.25.